The van der Waals surface area contributed by atoms with E-state index >= 15 is 8.78 Å². The second kappa shape index (κ2) is 19.0. The number of fused-ring (bicyclic) bond motifs is 10. The summed E-state index contributed by atoms with van der Waals surface area (Å²) in [4.78, 5) is 79.4. The molecule has 82 heavy (non-hydrogen) atoms. The Labute approximate surface area is 466 Å². The Bertz CT molecular complexity index is 4120. The van der Waals surface area contributed by atoms with Crippen LogP contribution in [0.4, 0.5) is 29.5 Å². The van der Waals surface area contributed by atoms with Crippen molar-refractivity contribution in [3.8, 4) is 46.7 Å². The molecule has 10 heterocycles. The number of aromatic nitrogens is 5. The first-order valence-electron chi connectivity index (χ1n) is 27.7. The number of ether oxygens (including phenoxy) is 3. The number of benzene rings is 3. The van der Waals surface area contributed by atoms with E-state index in [9.17, 15) is 33.8 Å². The summed E-state index contributed by atoms with van der Waals surface area (Å²) in [5, 5.41) is 26.7. The Morgan fingerprint density at radius 2 is 1.78 bits per heavy atom. The van der Waals surface area contributed by atoms with Crippen molar-refractivity contribution in [1.82, 2.24) is 34.3 Å². The van der Waals surface area contributed by atoms with Gasteiger partial charge in [-0.1, -0.05) is 25.5 Å². The average Bonchev–Trinajstić information content (AvgIpc) is 3.00. The third-order valence-corrected chi connectivity index (χ3v) is 18.2. The standard InChI is InChI=1S/C61H54F3N9O9/c1-4-36-44(63)13-10-31-18-35(74)19-39(48(31)36)52-50(64)53-40(22-65-52)54(69-58(68-53)82-29-60-16-7-17-71(60)23-32(62)21-60)70-24-33-11-12-34(25-70)73(33)55(75)30(3)27-81-59(78)67-45-14-15-46-49-37(8-6-9-38(45)49)41-26-72-47(51(41)66-46)20-43-42(56(72)76)28-80-57(77)61(43,79)5-2/h1,10,13-15,18-20,22,32-34,74,79H,3,5-9,11-12,16-17,21,23-29H2,2H3,(H,67,78). The van der Waals surface area contributed by atoms with Crippen molar-refractivity contribution in [1.29, 1.82) is 0 Å². The quantitative estimate of drug-likeness (QED) is 0.0682. The predicted molar refractivity (Wildman–Crippen MR) is 295 cm³/mol. The molecule has 4 fully saturated rings. The van der Waals surface area contributed by atoms with Gasteiger partial charge >= 0.3 is 18.1 Å². The molecule has 3 N–H and O–H groups in total. The molecule has 5 unspecified atom stereocenters. The van der Waals surface area contributed by atoms with E-state index in [1.165, 1.54) is 30.5 Å². The summed E-state index contributed by atoms with van der Waals surface area (Å²) in [7, 11) is 0. The number of pyridine rings is 3. The van der Waals surface area contributed by atoms with E-state index in [0.717, 1.165) is 41.5 Å². The first-order valence-corrected chi connectivity index (χ1v) is 27.7. The third-order valence-electron chi connectivity index (χ3n) is 18.2. The number of alkyl halides is 1. The lowest BCUT2D eigenvalue weighted by atomic mass is 9.85. The van der Waals surface area contributed by atoms with Gasteiger partial charge in [-0.3, -0.25) is 24.8 Å². The number of aliphatic hydroxyl groups is 1. The highest BCUT2D eigenvalue weighted by Crippen LogP contribution is 2.46. The Balaban J connectivity index is 0.702. The fraction of sp³-hybridized carbons (Fsp3) is 0.377. The van der Waals surface area contributed by atoms with Gasteiger partial charge in [-0.15, -0.1) is 6.42 Å². The molecule has 0 radical (unpaired) electrons. The van der Waals surface area contributed by atoms with Crippen LogP contribution in [-0.2, 0) is 50.7 Å². The second-order valence-electron chi connectivity index (χ2n) is 22.7. The van der Waals surface area contributed by atoms with Crippen molar-refractivity contribution < 1.29 is 52.0 Å². The van der Waals surface area contributed by atoms with Gasteiger partial charge in [0.1, 0.15) is 54.6 Å². The molecule has 2 amide bonds. The van der Waals surface area contributed by atoms with E-state index < -0.39 is 47.6 Å². The zero-order valence-electron chi connectivity index (χ0n) is 44.6. The fourth-order valence-corrected chi connectivity index (χ4v) is 14.3. The smallest absolute Gasteiger partial charge is 0.411 e. The van der Waals surface area contributed by atoms with Crippen molar-refractivity contribution in [2.75, 3.05) is 49.6 Å². The number of carbonyl (C=O) groups is 3. The number of amides is 2. The molecule has 0 saturated carbocycles. The van der Waals surface area contributed by atoms with E-state index in [-0.39, 0.29) is 131 Å². The molecule has 418 valence electrons. The Morgan fingerprint density at radius 1 is 0.976 bits per heavy atom. The Kier molecular flexibility index (Phi) is 11.9. The minimum Gasteiger partial charge on any atom is -0.508 e. The molecule has 1 aliphatic carbocycles. The normalized spacial score (nSPS) is 23.1. The van der Waals surface area contributed by atoms with Crippen LogP contribution in [0.5, 0.6) is 11.8 Å². The number of aryl methyl sites for hydroxylation is 2. The zero-order chi connectivity index (χ0) is 56.7. The number of terminal acetylenes is 1. The maximum absolute atomic E-state index is 17.4. The topological polar surface area (TPSA) is 215 Å². The maximum Gasteiger partial charge on any atom is 0.411 e. The SMILES string of the molecule is C#Cc1c(F)ccc2cc(O)cc(-c3ncc4c(N5CC6CCC(C5)N6C(=O)C(=C)COC(=O)Nc5ccc6nc7c(c8c6c5CCC8)Cn5c-7cc6c(c5=O)COC(=O)C6(O)CC)nc(OCC56CCCN5CC(F)C6)nc4c3F)c12. The van der Waals surface area contributed by atoms with Crippen molar-refractivity contribution >= 4 is 62.1 Å². The number of esters is 1. The number of hydrogen-bond donors (Lipinski definition) is 3. The number of cyclic esters (lactones) is 1. The minimum absolute atomic E-state index is 0.0292. The first kappa shape index (κ1) is 51.5. The number of piperazine rings is 1. The monoisotopic (exact) mass is 1110 g/mol. The van der Waals surface area contributed by atoms with Crippen LogP contribution in [0, 0.1) is 24.0 Å². The maximum atomic E-state index is 17.4. The number of nitrogens with one attached hydrogen (secondary N) is 1. The molecule has 4 aromatic heterocycles. The van der Waals surface area contributed by atoms with Gasteiger partial charge in [-0.25, -0.2) is 27.7 Å². The van der Waals surface area contributed by atoms with Gasteiger partial charge in [0.15, 0.2) is 11.4 Å². The van der Waals surface area contributed by atoms with E-state index in [4.69, 9.17) is 30.6 Å². The van der Waals surface area contributed by atoms with Crippen molar-refractivity contribution in [2.24, 2.45) is 0 Å². The molecule has 5 atom stereocenters. The molecule has 2 bridgehead atoms. The molecule has 14 rings (SSSR count). The number of aromatic hydroxyl groups is 1. The van der Waals surface area contributed by atoms with Crippen LogP contribution in [0.15, 0.2) is 65.6 Å². The average molecular weight is 1110 g/mol. The number of anilines is 2. The van der Waals surface area contributed by atoms with Crippen LogP contribution in [0.25, 0.3) is 55.2 Å². The molecular weight excluding hydrogens is 1060 g/mol. The van der Waals surface area contributed by atoms with Gasteiger partial charge in [-0.2, -0.15) is 9.97 Å². The Hall–Kier alpha value is -8.61. The molecule has 7 aromatic rings. The number of carbonyl (C=O) groups excluding carboxylic acids is 3. The number of phenolic OH excluding ortho intramolecular Hbond substituents is 1. The van der Waals surface area contributed by atoms with Gasteiger partial charge < -0.3 is 38.8 Å². The summed E-state index contributed by atoms with van der Waals surface area (Å²) in [6, 6.07) is 9.67. The van der Waals surface area contributed by atoms with Gasteiger partial charge in [-0.05, 0) is 111 Å². The van der Waals surface area contributed by atoms with Crippen LogP contribution < -0.4 is 20.5 Å². The highest BCUT2D eigenvalue weighted by Gasteiger charge is 2.50. The molecule has 18 nitrogen and oxygen atoms in total. The summed E-state index contributed by atoms with van der Waals surface area (Å²) in [5.41, 5.74) is 2.19. The summed E-state index contributed by atoms with van der Waals surface area (Å²) >= 11 is 0. The number of phenols is 1. The second-order valence-corrected chi connectivity index (χ2v) is 22.7. The lowest BCUT2D eigenvalue weighted by molar-refractivity contribution is -0.172. The molecule has 7 aliphatic rings. The van der Waals surface area contributed by atoms with Crippen LogP contribution in [0.1, 0.15) is 85.3 Å². The lowest BCUT2D eigenvalue weighted by Gasteiger charge is -2.42. The third kappa shape index (κ3) is 7.84. The van der Waals surface area contributed by atoms with Crippen LogP contribution in [0.2, 0.25) is 0 Å². The van der Waals surface area contributed by atoms with Crippen molar-refractivity contribution in [2.45, 2.75) is 107 Å². The van der Waals surface area contributed by atoms with Gasteiger partial charge in [0.2, 0.25) is 0 Å². The number of nitrogens with zero attached hydrogens (tertiary/aromatic N) is 8. The van der Waals surface area contributed by atoms with Crippen molar-refractivity contribution in [3.05, 3.63) is 116 Å². The first-order chi connectivity index (χ1) is 39.6. The zero-order valence-corrected chi connectivity index (χ0v) is 44.6. The molecule has 21 heteroatoms. The van der Waals surface area contributed by atoms with E-state index in [2.05, 4.69) is 32.7 Å². The van der Waals surface area contributed by atoms with Gasteiger partial charge in [0.05, 0.1) is 57.6 Å². The van der Waals surface area contributed by atoms with Gasteiger partial charge in [0.25, 0.3) is 11.5 Å². The van der Waals surface area contributed by atoms with E-state index in [0.29, 0.717) is 72.4 Å². The highest BCUT2D eigenvalue weighted by molar-refractivity contribution is 6.03. The largest absolute Gasteiger partial charge is 0.508 e. The number of hydrogen-bond acceptors (Lipinski definition) is 15. The van der Waals surface area contributed by atoms with Crippen LogP contribution in [-0.4, -0.2) is 126 Å². The number of halogens is 3. The molecular formula is C61H54F3N9O9. The van der Waals surface area contributed by atoms with Gasteiger partial charge in [0, 0.05) is 71.0 Å². The Morgan fingerprint density at radius 3 is 2.57 bits per heavy atom. The van der Waals surface area contributed by atoms with Crippen LogP contribution >= 0.6 is 0 Å². The molecule has 3 aromatic carbocycles. The molecule has 0 spiro atoms. The highest BCUT2D eigenvalue weighted by atomic mass is 19.1. The summed E-state index contributed by atoms with van der Waals surface area (Å²) in [6.07, 6.45) is 10.6. The van der Waals surface area contributed by atoms with Crippen LogP contribution in [0.3, 0.4) is 0 Å². The fourth-order valence-electron chi connectivity index (χ4n) is 14.3. The van der Waals surface area contributed by atoms with E-state index in [1.807, 2.05) is 4.90 Å². The summed E-state index contributed by atoms with van der Waals surface area (Å²) in [6.45, 7) is 6.94. The molecule has 6 aliphatic heterocycles. The predicted octanol–water partition coefficient (Wildman–Crippen LogP) is 7.63. The summed E-state index contributed by atoms with van der Waals surface area (Å²) in [5.74, 6) is -0.343. The molecule has 4 saturated heterocycles. The lowest BCUT2D eigenvalue weighted by Crippen LogP contribution is -2.56. The van der Waals surface area contributed by atoms with E-state index in [1.54, 1.807) is 34.6 Å². The summed E-state index contributed by atoms with van der Waals surface area (Å²) < 4.78 is 66.3. The van der Waals surface area contributed by atoms with Crippen molar-refractivity contribution in [3.63, 3.8) is 0 Å². The minimum atomic E-state index is -1.95. The number of rotatable bonds is 10.